The highest BCUT2D eigenvalue weighted by Crippen LogP contribution is 2.26. The number of aryl methyl sites for hydroxylation is 1. The number of benzene rings is 2. The summed E-state index contributed by atoms with van der Waals surface area (Å²) >= 11 is 0. The molecule has 5 heteroatoms. The van der Waals surface area contributed by atoms with Gasteiger partial charge in [0.25, 0.3) is 0 Å². The number of hydrogen-bond donors (Lipinski definition) is 1. The molecule has 0 atom stereocenters. The van der Waals surface area contributed by atoms with Crippen LogP contribution in [0.1, 0.15) is 37.5 Å². The van der Waals surface area contributed by atoms with Gasteiger partial charge in [-0.3, -0.25) is 4.99 Å². The molecule has 152 valence electrons. The van der Waals surface area contributed by atoms with Gasteiger partial charge in [0.15, 0.2) is 0 Å². The molecule has 1 aliphatic heterocycles. The largest absolute Gasteiger partial charge is 0.497 e. The zero-order valence-electron chi connectivity index (χ0n) is 18.1. The fourth-order valence-electron chi connectivity index (χ4n) is 2.59. The Kier molecular flexibility index (Phi) is 10.4. The second-order valence-electron chi connectivity index (χ2n) is 6.11. The van der Waals surface area contributed by atoms with Gasteiger partial charge in [0.2, 0.25) is 0 Å². The maximum absolute atomic E-state index is 5.36. The van der Waals surface area contributed by atoms with Crippen LogP contribution >= 0.6 is 0 Å². The molecule has 2 aromatic rings. The minimum absolute atomic E-state index is 0.780. The molecule has 0 amide bonds. The topological polar surface area (TPSA) is 49.2 Å². The van der Waals surface area contributed by atoms with Crippen LogP contribution in [0.5, 0.6) is 5.75 Å². The van der Waals surface area contributed by atoms with Crippen molar-refractivity contribution in [2.75, 3.05) is 39.6 Å². The molecule has 0 aromatic heterocycles. The Balaban J connectivity index is 0.000000490. The van der Waals surface area contributed by atoms with Crippen LogP contribution in [0.4, 0.5) is 5.69 Å². The standard InChI is InChI=1S/C18H20N2O.C3H8N2.C2H6/c1-3-13-4-6-14(7-5-13)18-16-12-15(21-2)8-9-17(16)19-10-11-20-18;1-4-5(2)3;1-2/h4-9,12,19H,3,10-11H2,1-2H3;1H2,2-3H3;1-2H3. The third kappa shape index (κ3) is 6.72. The maximum Gasteiger partial charge on any atom is 0.119 e. The van der Waals surface area contributed by atoms with Gasteiger partial charge in [-0.2, -0.15) is 5.10 Å². The van der Waals surface area contributed by atoms with Gasteiger partial charge in [0.05, 0.1) is 19.4 Å². The van der Waals surface area contributed by atoms with Crippen molar-refractivity contribution in [2.24, 2.45) is 10.1 Å². The first-order chi connectivity index (χ1) is 13.6. The highest BCUT2D eigenvalue weighted by molar-refractivity contribution is 6.16. The quantitative estimate of drug-likeness (QED) is 0.615. The Morgan fingerprint density at radius 1 is 1.14 bits per heavy atom. The molecule has 1 N–H and O–H groups in total. The summed E-state index contributed by atoms with van der Waals surface area (Å²) in [6, 6.07) is 14.8. The zero-order chi connectivity index (χ0) is 20.9. The minimum Gasteiger partial charge on any atom is -0.497 e. The van der Waals surface area contributed by atoms with E-state index in [1.165, 1.54) is 5.56 Å². The second-order valence-corrected chi connectivity index (χ2v) is 6.11. The summed E-state index contributed by atoms with van der Waals surface area (Å²) in [5, 5.41) is 8.54. The van der Waals surface area contributed by atoms with Gasteiger partial charge < -0.3 is 15.1 Å². The number of fused-ring (bicyclic) bond motifs is 1. The summed E-state index contributed by atoms with van der Waals surface area (Å²) in [7, 11) is 5.35. The molecule has 0 saturated heterocycles. The summed E-state index contributed by atoms with van der Waals surface area (Å²) in [4.78, 5) is 4.76. The number of nitrogens with zero attached hydrogens (tertiary/aromatic N) is 3. The molecule has 0 spiro atoms. The van der Waals surface area contributed by atoms with Gasteiger partial charge in [-0.25, -0.2) is 0 Å². The molecule has 0 fully saturated rings. The van der Waals surface area contributed by atoms with Crippen LogP contribution in [0.2, 0.25) is 0 Å². The van der Waals surface area contributed by atoms with Gasteiger partial charge in [-0.15, -0.1) is 0 Å². The highest BCUT2D eigenvalue weighted by Gasteiger charge is 2.15. The van der Waals surface area contributed by atoms with Crippen molar-refractivity contribution in [1.82, 2.24) is 5.01 Å². The molecule has 0 unspecified atom stereocenters. The Labute approximate surface area is 170 Å². The van der Waals surface area contributed by atoms with Crippen LogP contribution in [0.15, 0.2) is 52.6 Å². The van der Waals surface area contributed by atoms with E-state index >= 15 is 0 Å². The lowest BCUT2D eigenvalue weighted by Gasteiger charge is -2.12. The lowest BCUT2D eigenvalue weighted by atomic mass is 9.99. The van der Waals surface area contributed by atoms with Gasteiger partial charge in [-0.05, 0) is 30.2 Å². The predicted molar refractivity (Wildman–Crippen MR) is 122 cm³/mol. The van der Waals surface area contributed by atoms with Gasteiger partial charge in [0.1, 0.15) is 5.75 Å². The van der Waals surface area contributed by atoms with Gasteiger partial charge in [-0.1, -0.05) is 45.0 Å². The number of ether oxygens (including phenoxy) is 1. The number of aliphatic imine (C=N–C) groups is 1. The Morgan fingerprint density at radius 2 is 1.79 bits per heavy atom. The van der Waals surface area contributed by atoms with Crippen molar-refractivity contribution in [2.45, 2.75) is 27.2 Å². The van der Waals surface area contributed by atoms with E-state index < -0.39 is 0 Å². The van der Waals surface area contributed by atoms with E-state index in [-0.39, 0.29) is 0 Å². The van der Waals surface area contributed by atoms with Crippen LogP contribution in [0.3, 0.4) is 0 Å². The Morgan fingerprint density at radius 3 is 2.32 bits per heavy atom. The number of rotatable bonds is 4. The summed E-state index contributed by atoms with van der Waals surface area (Å²) in [5.74, 6) is 0.857. The van der Waals surface area contributed by atoms with Crippen molar-refractivity contribution < 1.29 is 4.74 Å². The average Bonchev–Trinajstić information content (AvgIpc) is 2.97. The molecule has 0 saturated carbocycles. The average molecular weight is 383 g/mol. The van der Waals surface area contributed by atoms with E-state index in [4.69, 9.17) is 9.73 Å². The molecule has 1 aliphatic rings. The number of nitrogens with one attached hydrogen (secondary N) is 1. The van der Waals surface area contributed by atoms with Crippen LogP contribution in [0.25, 0.3) is 0 Å². The zero-order valence-corrected chi connectivity index (χ0v) is 18.1. The molecule has 3 rings (SSSR count). The van der Waals surface area contributed by atoms with Crippen LogP contribution in [-0.2, 0) is 6.42 Å². The predicted octanol–water partition coefficient (Wildman–Crippen LogP) is 4.71. The summed E-state index contributed by atoms with van der Waals surface area (Å²) in [6.07, 6.45) is 1.05. The molecule has 2 aromatic carbocycles. The number of hydrogen-bond acceptors (Lipinski definition) is 5. The third-order valence-electron chi connectivity index (χ3n) is 4.10. The van der Waals surface area contributed by atoms with E-state index in [2.05, 4.69) is 60.5 Å². The molecular weight excluding hydrogens is 348 g/mol. The van der Waals surface area contributed by atoms with E-state index in [1.807, 2.05) is 34.0 Å². The van der Waals surface area contributed by atoms with E-state index in [1.54, 1.807) is 12.1 Å². The van der Waals surface area contributed by atoms with Crippen LogP contribution in [-0.4, -0.2) is 51.7 Å². The number of hydrazone groups is 1. The van der Waals surface area contributed by atoms with Crippen molar-refractivity contribution in [3.05, 3.63) is 59.2 Å². The van der Waals surface area contributed by atoms with Crippen molar-refractivity contribution in [3.8, 4) is 5.75 Å². The van der Waals surface area contributed by atoms with Gasteiger partial charge >= 0.3 is 0 Å². The normalized spacial score (nSPS) is 11.7. The highest BCUT2D eigenvalue weighted by atomic mass is 16.5. The molecule has 1 heterocycles. The first kappa shape index (κ1) is 23.2. The monoisotopic (exact) mass is 382 g/mol. The lowest BCUT2D eigenvalue weighted by molar-refractivity contribution is 0.415. The van der Waals surface area contributed by atoms with Crippen molar-refractivity contribution in [1.29, 1.82) is 0 Å². The summed E-state index contributed by atoms with van der Waals surface area (Å²) in [5.41, 5.74) is 5.77. The van der Waals surface area contributed by atoms with Crippen LogP contribution in [0, 0.1) is 0 Å². The molecule has 0 bridgehead atoms. The third-order valence-corrected chi connectivity index (χ3v) is 4.10. The fraction of sp³-hybridized carbons (Fsp3) is 0.391. The molecule has 28 heavy (non-hydrogen) atoms. The minimum atomic E-state index is 0.780. The Hall–Kier alpha value is -2.82. The molecular formula is C23H34N4O. The SMILES string of the molecule is C=NN(C)C.CC.CCc1ccc(C2=NCCNc3ccc(OC)cc32)cc1. The maximum atomic E-state index is 5.36. The first-order valence-electron chi connectivity index (χ1n) is 9.79. The molecule has 0 radical (unpaired) electrons. The smallest absolute Gasteiger partial charge is 0.119 e. The lowest BCUT2D eigenvalue weighted by Crippen LogP contribution is -2.06. The number of anilines is 1. The van der Waals surface area contributed by atoms with Crippen molar-refractivity contribution >= 4 is 18.1 Å². The van der Waals surface area contributed by atoms with E-state index in [9.17, 15) is 0 Å². The van der Waals surface area contributed by atoms with E-state index in [0.717, 1.165) is 47.8 Å². The second kappa shape index (κ2) is 12.5. The molecule has 0 aliphatic carbocycles. The molecule has 5 nitrogen and oxygen atoms in total. The summed E-state index contributed by atoms with van der Waals surface area (Å²) in [6.45, 7) is 11.0. The fourth-order valence-corrected chi connectivity index (χ4v) is 2.59. The number of benzodiazepines with no additional fused rings is 1. The van der Waals surface area contributed by atoms with Crippen LogP contribution < -0.4 is 10.1 Å². The Bertz CT molecular complexity index is 752. The van der Waals surface area contributed by atoms with Crippen molar-refractivity contribution in [3.63, 3.8) is 0 Å². The summed E-state index contributed by atoms with van der Waals surface area (Å²) < 4.78 is 5.36. The van der Waals surface area contributed by atoms with E-state index in [0.29, 0.717) is 0 Å². The number of methoxy groups -OCH3 is 1. The van der Waals surface area contributed by atoms with Gasteiger partial charge in [0, 0.05) is 44.2 Å². The first-order valence-corrected chi connectivity index (χ1v) is 9.79.